The minimum atomic E-state index is -4.16. The molecular formula is C32H32N6O5S. The van der Waals surface area contributed by atoms with Crippen LogP contribution in [0.15, 0.2) is 70.1 Å². The summed E-state index contributed by atoms with van der Waals surface area (Å²) in [6, 6.07) is 15.2. The second kappa shape index (κ2) is 12.0. The zero-order valence-corrected chi connectivity index (χ0v) is 25.4. The van der Waals surface area contributed by atoms with Crippen LogP contribution in [0.1, 0.15) is 65.0 Å². The van der Waals surface area contributed by atoms with Gasteiger partial charge in [0, 0.05) is 29.2 Å². The summed E-state index contributed by atoms with van der Waals surface area (Å²) in [6.45, 7) is 6.42. The number of sulfonamides is 1. The number of anilines is 1. The van der Waals surface area contributed by atoms with Crippen molar-refractivity contribution in [1.29, 1.82) is 0 Å². The van der Waals surface area contributed by atoms with Gasteiger partial charge in [0.1, 0.15) is 11.3 Å². The number of nitrogens with zero attached hydrogens (tertiary/aromatic N) is 4. The van der Waals surface area contributed by atoms with Gasteiger partial charge in [-0.3, -0.25) is 4.79 Å². The summed E-state index contributed by atoms with van der Waals surface area (Å²) in [7, 11) is -4.16. The molecule has 2 aromatic carbocycles. The van der Waals surface area contributed by atoms with Gasteiger partial charge in [-0.05, 0) is 62.4 Å². The van der Waals surface area contributed by atoms with Crippen LogP contribution in [-0.4, -0.2) is 40.9 Å². The normalized spacial score (nSPS) is 13.2. The highest BCUT2D eigenvalue weighted by atomic mass is 32.2. The SMILES string of the molecule is CCCOc1cc(-c2c(C)cccc2C)nc(NS(=O)(=O)c2cccc(C(=O)NCc3cnc4oc(C5CC5)cc4n3)c2)n1. The molecule has 1 saturated carbocycles. The number of fused-ring (bicyclic) bond motifs is 1. The maximum absolute atomic E-state index is 13.5. The average molecular weight is 613 g/mol. The molecule has 0 spiro atoms. The summed E-state index contributed by atoms with van der Waals surface area (Å²) >= 11 is 0. The van der Waals surface area contributed by atoms with E-state index in [0.717, 1.165) is 41.7 Å². The van der Waals surface area contributed by atoms with Crippen molar-refractivity contribution in [3.8, 4) is 17.1 Å². The van der Waals surface area contributed by atoms with Crippen molar-refractivity contribution in [3.63, 3.8) is 0 Å². The molecule has 12 heteroatoms. The fourth-order valence-corrected chi connectivity index (χ4v) is 5.88. The van der Waals surface area contributed by atoms with Gasteiger partial charge in [-0.2, -0.15) is 4.98 Å². The molecule has 1 amide bonds. The fourth-order valence-electron chi connectivity index (χ4n) is 4.89. The second-order valence-electron chi connectivity index (χ2n) is 10.8. The van der Waals surface area contributed by atoms with Crippen molar-refractivity contribution in [3.05, 3.63) is 88.9 Å². The number of aromatic nitrogens is 4. The smallest absolute Gasteiger partial charge is 0.264 e. The first-order valence-electron chi connectivity index (χ1n) is 14.4. The first-order valence-corrected chi connectivity index (χ1v) is 15.9. The molecule has 3 heterocycles. The Morgan fingerprint density at radius 2 is 1.80 bits per heavy atom. The molecule has 5 aromatic rings. The molecule has 0 saturated heterocycles. The number of nitrogens with one attached hydrogen (secondary N) is 2. The lowest BCUT2D eigenvalue weighted by molar-refractivity contribution is 0.0950. The van der Waals surface area contributed by atoms with E-state index in [1.807, 2.05) is 45.0 Å². The maximum Gasteiger partial charge on any atom is 0.264 e. The Morgan fingerprint density at radius 1 is 1.02 bits per heavy atom. The second-order valence-corrected chi connectivity index (χ2v) is 12.5. The number of hydrogen-bond acceptors (Lipinski definition) is 9. The summed E-state index contributed by atoms with van der Waals surface area (Å²) in [4.78, 5) is 30.6. The van der Waals surface area contributed by atoms with Crippen LogP contribution >= 0.6 is 0 Å². The van der Waals surface area contributed by atoms with Gasteiger partial charge in [0.25, 0.3) is 15.9 Å². The van der Waals surface area contributed by atoms with E-state index in [4.69, 9.17) is 9.15 Å². The lowest BCUT2D eigenvalue weighted by Crippen LogP contribution is -2.24. The molecule has 44 heavy (non-hydrogen) atoms. The number of rotatable bonds is 11. The third-order valence-corrected chi connectivity index (χ3v) is 8.57. The maximum atomic E-state index is 13.5. The third-order valence-electron chi connectivity index (χ3n) is 7.24. The van der Waals surface area contributed by atoms with Crippen LogP contribution in [0.3, 0.4) is 0 Å². The largest absolute Gasteiger partial charge is 0.478 e. The van der Waals surface area contributed by atoms with Crippen molar-refractivity contribution < 1.29 is 22.4 Å². The van der Waals surface area contributed by atoms with Gasteiger partial charge < -0.3 is 14.5 Å². The lowest BCUT2D eigenvalue weighted by Gasteiger charge is -2.14. The van der Waals surface area contributed by atoms with E-state index in [2.05, 4.69) is 30.0 Å². The predicted molar refractivity (Wildman–Crippen MR) is 165 cm³/mol. The molecule has 11 nitrogen and oxygen atoms in total. The standard InChI is InChI=1S/C32H32N6O5S/c1-4-13-42-28-16-25(29-19(2)7-5-8-20(29)3)36-32(37-28)38-44(40,41)24-10-6-9-22(14-24)30(39)33-17-23-18-34-31-26(35-23)15-27(43-31)21-11-12-21/h5-10,14-16,18,21H,4,11-13,17H2,1-3H3,(H,33,39)(H,36,37,38). The Bertz CT molecular complexity index is 1950. The van der Waals surface area contributed by atoms with Gasteiger partial charge in [-0.25, -0.2) is 28.1 Å². The van der Waals surface area contributed by atoms with Crippen LogP contribution in [0.2, 0.25) is 0 Å². The average Bonchev–Trinajstić information content (AvgIpc) is 3.77. The highest BCUT2D eigenvalue weighted by Gasteiger charge is 2.28. The molecule has 1 fully saturated rings. The molecule has 6 rings (SSSR count). The molecule has 0 aliphatic heterocycles. The molecule has 0 bridgehead atoms. The van der Waals surface area contributed by atoms with E-state index in [-0.39, 0.29) is 28.8 Å². The summed E-state index contributed by atoms with van der Waals surface area (Å²) in [6.07, 6.45) is 4.52. The topological polar surface area (TPSA) is 149 Å². The number of benzene rings is 2. The van der Waals surface area contributed by atoms with Crippen LogP contribution in [0.4, 0.5) is 5.95 Å². The van der Waals surface area contributed by atoms with Crippen LogP contribution in [0.25, 0.3) is 22.5 Å². The van der Waals surface area contributed by atoms with E-state index in [1.54, 1.807) is 12.3 Å². The van der Waals surface area contributed by atoms with Crippen LogP contribution in [0.5, 0.6) is 5.88 Å². The molecule has 2 N–H and O–H groups in total. The van der Waals surface area contributed by atoms with Crippen molar-refractivity contribution in [2.24, 2.45) is 0 Å². The van der Waals surface area contributed by atoms with Crippen molar-refractivity contribution in [2.45, 2.75) is 57.4 Å². The number of aryl methyl sites for hydroxylation is 2. The first-order chi connectivity index (χ1) is 21.2. The van der Waals surface area contributed by atoms with Crippen molar-refractivity contribution in [2.75, 3.05) is 11.3 Å². The van der Waals surface area contributed by atoms with Gasteiger partial charge in [-0.1, -0.05) is 31.2 Å². The molecule has 0 atom stereocenters. The van der Waals surface area contributed by atoms with Crippen LogP contribution < -0.4 is 14.8 Å². The number of carbonyl (C=O) groups is 1. The van der Waals surface area contributed by atoms with Crippen molar-refractivity contribution in [1.82, 2.24) is 25.3 Å². The summed E-state index contributed by atoms with van der Waals surface area (Å²) in [5.74, 6) is 0.990. The van der Waals surface area contributed by atoms with Crippen LogP contribution in [0, 0.1) is 13.8 Å². The van der Waals surface area contributed by atoms with E-state index >= 15 is 0 Å². The Morgan fingerprint density at radius 3 is 2.55 bits per heavy atom. The monoisotopic (exact) mass is 612 g/mol. The predicted octanol–water partition coefficient (Wildman–Crippen LogP) is 5.69. The van der Waals surface area contributed by atoms with Gasteiger partial charge >= 0.3 is 0 Å². The first kappa shape index (κ1) is 29.2. The Labute approximate surface area is 255 Å². The summed E-state index contributed by atoms with van der Waals surface area (Å²) in [5.41, 5.74) is 5.21. The number of ether oxygens (including phenoxy) is 1. The van der Waals surface area contributed by atoms with E-state index < -0.39 is 15.9 Å². The highest BCUT2D eigenvalue weighted by Crippen LogP contribution is 2.41. The third kappa shape index (κ3) is 6.40. The zero-order chi connectivity index (χ0) is 30.8. The molecule has 3 aromatic heterocycles. The van der Waals surface area contributed by atoms with Gasteiger partial charge in [0.15, 0.2) is 0 Å². The quantitative estimate of drug-likeness (QED) is 0.192. The van der Waals surface area contributed by atoms with E-state index in [1.165, 1.54) is 24.3 Å². The lowest BCUT2D eigenvalue weighted by atomic mass is 10.00. The molecule has 1 aliphatic rings. The fraction of sp³-hybridized carbons (Fsp3) is 0.281. The number of furan rings is 1. The van der Waals surface area contributed by atoms with Crippen LogP contribution in [-0.2, 0) is 16.6 Å². The number of hydrogen-bond donors (Lipinski definition) is 2. The number of carbonyl (C=O) groups excluding carboxylic acids is 1. The van der Waals surface area contributed by atoms with Gasteiger partial charge in [0.2, 0.25) is 17.5 Å². The van der Waals surface area contributed by atoms with E-state index in [0.29, 0.717) is 35.1 Å². The molecular weight excluding hydrogens is 580 g/mol. The molecule has 226 valence electrons. The summed E-state index contributed by atoms with van der Waals surface area (Å²) in [5, 5.41) is 2.78. The van der Waals surface area contributed by atoms with E-state index in [9.17, 15) is 13.2 Å². The summed E-state index contributed by atoms with van der Waals surface area (Å²) < 4.78 is 40.9. The zero-order valence-electron chi connectivity index (χ0n) is 24.6. The molecule has 1 aliphatic carbocycles. The minimum Gasteiger partial charge on any atom is -0.478 e. The minimum absolute atomic E-state index is 0.112. The van der Waals surface area contributed by atoms with Crippen molar-refractivity contribution >= 4 is 33.1 Å². The van der Waals surface area contributed by atoms with Gasteiger partial charge in [-0.15, -0.1) is 0 Å². The number of amides is 1. The Kier molecular flexibility index (Phi) is 8.00. The Balaban J connectivity index is 1.20. The molecule has 0 unspecified atom stereocenters. The molecule has 0 radical (unpaired) electrons. The highest BCUT2D eigenvalue weighted by molar-refractivity contribution is 7.92. The Hall–Kier alpha value is -4.84. The van der Waals surface area contributed by atoms with Gasteiger partial charge in [0.05, 0.1) is 35.6 Å².